The standard InChI is InChI=1S/C24H23ClF3NO4.Na/c1-13(2)33-20-6-3-14(9-18(20)24(26,27)28)12-32-16-4-5-19-17(11-16)22(25)23-15(10-21(30)31)7-8-29(19)23;/h3-6,9,11,13,15H,7-8,10,12H2,1-2H3,(H,30,31);/t15-;/m1./s1. The van der Waals surface area contributed by atoms with Crippen molar-refractivity contribution in [2.45, 2.75) is 58.0 Å². The van der Waals surface area contributed by atoms with E-state index in [-0.39, 0.29) is 60.4 Å². The minimum Gasteiger partial charge on any atom is -0.490 e. The van der Waals surface area contributed by atoms with E-state index in [1.807, 2.05) is 10.6 Å². The number of ether oxygens (including phenoxy) is 2. The van der Waals surface area contributed by atoms with Crippen LogP contribution in [0.2, 0.25) is 5.02 Å². The average molecular weight is 505 g/mol. The van der Waals surface area contributed by atoms with E-state index in [1.165, 1.54) is 6.07 Å². The van der Waals surface area contributed by atoms with Gasteiger partial charge in [-0.3, -0.25) is 4.79 Å². The Morgan fingerprint density at radius 1 is 1.24 bits per heavy atom. The first-order valence-corrected chi connectivity index (χ1v) is 11.0. The molecular formula is C24H23ClF3NNaO4. The van der Waals surface area contributed by atoms with Crippen LogP contribution < -0.4 is 9.47 Å². The van der Waals surface area contributed by atoms with Gasteiger partial charge in [-0.05, 0) is 56.2 Å². The van der Waals surface area contributed by atoms with Crippen molar-refractivity contribution in [3.05, 3.63) is 58.2 Å². The van der Waals surface area contributed by atoms with E-state index < -0.39 is 17.7 Å². The number of carboxylic acid groups (broad SMARTS) is 1. The molecule has 1 atom stereocenters. The Hall–Kier alpha value is -1.87. The monoisotopic (exact) mass is 504 g/mol. The average Bonchev–Trinajstić information content (AvgIpc) is 3.25. The summed E-state index contributed by atoms with van der Waals surface area (Å²) in [4.78, 5) is 11.2. The number of carbonyl (C=O) groups is 1. The fraction of sp³-hybridized carbons (Fsp3) is 0.375. The third-order valence-corrected chi connectivity index (χ3v) is 6.03. The quantitative estimate of drug-likeness (QED) is 0.386. The van der Waals surface area contributed by atoms with Crippen LogP contribution in [0, 0.1) is 0 Å². The summed E-state index contributed by atoms with van der Waals surface area (Å²) in [5, 5.41) is 10.4. The van der Waals surface area contributed by atoms with Gasteiger partial charge in [0, 0.05) is 53.1 Å². The van der Waals surface area contributed by atoms with Crippen LogP contribution in [0.25, 0.3) is 10.9 Å². The fourth-order valence-corrected chi connectivity index (χ4v) is 4.69. The minimum atomic E-state index is -4.55. The molecule has 1 N–H and O–H groups in total. The first-order chi connectivity index (χ1) is 15.5. The summed E-state index contributed by atoms with van der Waals surface area (Å²) in [7, 11) is 0. The van der Waals surface area contributed by atoms with Gasteiger partial charge in [0.1, 0.15) is 18.1 Å². The molecule has 1 aromatic heterocycles. The maximum absolute atomic E-state index is 13.5. The van der Waals surface area contributed by atoms with Gasteiger partial charge in [-0.15, -0.1) is 0 Å². The number of hydrogen-bond donors (Lipinski definition) is 1. The summed E-state index contributed by atoms with van der Waals surface area (Å²) in [6.07, 6.45) is -4.21. The van der Waals surface area contributed by atoms with Gasteiger partial charge >= 0.3 is 12.1 Å². The number of halogens is 4. The molecule has 1 aliphatic heterocycles. The number of benzene rings is 2. The van der Waals surface area contributed by atoms with Crippen LogP contribution in [-0.2, 0) is 24.1 Å². The van der Waals surface area contributed by atoms with Crippen LogP contribution in [0.4, 0.5) is 13.2 Å². The van der Waals surface area contributed by atoms with E-state index >= 15 is 0 Å². The Labute approximate surface area is 222 Å². The molecule has 0 saturated heterocycles. The van der Waals surface area contributed by atoms with E-state index in [0.717, 1.165) is 22.7 Å². The summed E-state index contributed by atoms with van der Waals surface area (Å²) < 4.78 is 53.5. The number of carboxylic acids is 1. The number of aliphatic carboxylic acids is 1. The molecule has 0 aliphatic carbocycles. The SMILES string of the molecule is CC(C)Oc1ccc(COc2ccc3c(c2)c(Cl)c2n3CC[C@@H]2CC(=O)O)cc1C(F)(F)F.[Na]. The second-order valence-corrected chi connectivity index (χ2v) is 8.77. The maximum Gasteiger partial charge on any atom is 0.419 e. The minimum absolute atomic E-state index is 0. The van der Waals surface area contributed by atoms with Crippen LogP contribution in [0.15, 0.2) is 36.4 Å². The first-order valence-electron chi connectivity index (χ1n) is 10.6. The van der Waals surface area contributed by atoms with Gasteiger partial charge in [0.15, 0.2) is 0 Å². The molecule has 0 amide bonds. The number of alkyl halides is 3. The van der Waals surface area contributed by atoms with E-state index in [1.54, 1.807) is 32.0 Å². The molecule has 3 aromatic rings. The molecule has 0 unspecified atom stereocenters. The Bertz CT molecular complexity index is 1210. The summed E-state index contributed by atoms with van der Waals surface area (Å²) >= 11 is 6.59. The van der Waals surface area contributed by atoms with Gasteiger partial charge in [-0.2, -0.15) is 13.2 Å². The molecule has 0 spiro atoms. The van der Waals surface area contributed by atoms with Gasteiger partial charge in [0.2, 0.25) is 0 Å². The fourth-order valence-electron chi connectivity index (χ4n) is 4.29. The van der Waals surface area contributed by atoms with Gasteiger partial charge in [-0.25, -0.2) is 0 Å². The Balaban J connectivity index is 0.00000324. The molecule has 34 heavy (non-hydrogen) atoms. The van der Waals surface area contributed by atoms with Crippen molar-refractivity contribution >= 4 is 58.0 Å². The number of aryl methyl sites for hydroxylation is 1. The molecule has 1 aliphatic rings. The van der Waals surface area contributed by atoms with Crippen molar-refractivity contribution in [1.29, 1.82) is 0 Å². The van der Waals surface area contributed by atoms with Gasteiger partial charge in [-0.1, -0.05) is 17.7 Å². The van der Waals surface area contributed by atoms with Crippen molar-refractivity contribution in [2.24, 2.45) is 0 Å². The van der Waals surface area contributed by atoms with Crippen molar-refractivity contribution in [3.63, 3.8) is 0 Å². The largest absolute Gasteiger partial charge is 0.490 e. The zero-order valence-electron chi connectivity index (χ0n) is 19.1. The summed E-state index contributed by atoms with van der Waals surface area (Å²) in [5.74, 6) is -0.783. The predicted octanol–water partition coefficient (Wildman–Crippen LogP) is 6.26. The number of aromatic nitrogens is 1. The molecule has 0 fully saturated rings. The van der Waals surface area contributed by atoms with Crippen LogP contribution in [0.5, 0.6) is 11.5 Å². The van der Waals surface area contributed by atoms with E-state index in [0.29, 0.717) is 29.3 Å². The smallest absolute Gasteiger partial charge is 0.419 e. The molecule has 177 valence electrons. The van der Waals surface area contributed by atoms with Gasteiger partial charge in [0.25, 0.3) is 0 Å². The van der Waals surface area contributed by atoms with Crippen molar-refractivity contribution in [2.75, 3.05) is 0 Å². The third kappa shape index (κ3) is 5.51. The molecule has 1 radical (unpaired) electrons. The Morgan fingerprint density at radius 2 is 1.97 bits per heavy atom. The van der Waals surface area contributed by atoms with Crippen LogP contribution in [0.1, 0.15) is 49.4 Å². The Kier molecular flexibility index (Phi) is 8.18. The second kappa shape index (κ2) is 10.4. The zero-order valence-corrected chi connectivity index (χ0v) is 21.8. The van der Waals surface area contributed by atoms with Crippen LogP contribution in [-0.4, -0.2) is 51.3 Å². The van der Waals surface area contributed by atoms with Crippen molar-refractivity contribution in [3.8, 4) is 11.5 Å². The third-order valence-electron chi connectivity index (χ3n) is 5.64. The molecular weight excluding hydrogens is 482 g/mol. The van der Waals surface area contributed by atoms with Crippen LogP contribution >= 0.6 is 11.6 Å². The van der Waals surface area contributed by atoms with E-state index in [4.69, 9.17) is 26.2 Å². The van der Waals surface area contributed by atoms with Gasteiger partial charge < -0.3 is 19.1 Å². The summed E-state index contributed by atoms with van der Waals surface area (Å²) in [5.41, 5.74) is 1.20. The number of hydrogen-bond acceptors (Lipinski definition) is 3. The molecule has 2 heterocycles. The van der Waals surface area contributed by atoms with E-state index in [2.05, 4.69) is 0 Å². The maximum atomic E-state index is 13.5. The first kappa shape index (κ1) is 26.7. The number of nitrogens with zero attached hydrogens (tertiary/aromatic N) is 1. The zero-order chi connectivity index (χ0) is 23.9. The molecule has 2 aromatic carbocycles. The Morgan fingerprint density at radius 3 is 2.62 bits per heavy atom. The van der Waals surface area contributed by atoms with E-state index in [9.17, 15) is 18.0 Å². The predicted molar refractivity (Wildman–Crippen MR) is 124 cm³/mol. The number of rotatable bonds is 7. The van der Waals surface area contributed by atoms with Crippen molar-refractivity contribution < 1.29 is 32.5 Å². The molecule has 0 saturated carbocycles. The topological polar surface area (TPSA) is 60.7 Å². The van der Waals surface area contributed by atoms with Crippen LogP contribution in [0.3, 0.4) is 0 Å². The molecule has 0 bridgehead atoms. The normalized spacial score (nSPS) is 15.3. The summed E-state index contributed by atoms with van der Waals surface area (Å²) in [6, 6.07) is 9.19. The number of fused-ring (bicyclic) bond motifs is 3. The molecule has 5 nitrogen and oxygen atoms in total. The van der Waals surface area contributed by atoms with Gasteiger partial charge in [0.05, 0.1) is 28.6 Å². The summed E-state index contributed by atoms with van der Waals surface area (Å²) in [6.45, 7) is 3.95. The second-order valence-electron chi connectivity index (χ2n) is 8.40. The van der Waals surface area contributed by atoms with Crippen molar-refractivity contribution in [1.82, 2.24) is 4.57 Å². The molecule has 10 heteroatoms. The molecule has 4 rings (SSSR count).